The maximum absolute atomic E-state index is 12.3. The molecule has 2 aromatic carbocycles. The van der Waals surface area contributed by atoms with Gasteiger partial charge in [0.25, 0.3) is 0 Å². The van der Waals surface area contributed by atoms with Crippen molar-refractivity contribution in [3.8, 4) is 0 Å². The first-order valence-corrected chi connectivity index (χ1v) is 6.67. The van der Waals surface area contributed by atoms with Gasteiger partial charge in [-0.3, -0.25) is 4.79 Å². The Morgan fingerprint density at radius 3 is 2.21 bits per heavy atom. The fourth-order valence-corrected chi connectivity index (χ4v) is 2.69. The molecule has 0 spiro atoms. The van der Waals surface area contributed by atoms with Crippen LogP contribution in [0, 0.1) is 12.8 Å². The Morgan fingerprint density at radius 1 is 1.00 bits per heavy atom. The topological polar surface area (TPSA) is 29.1 Å². The highest BCUT2D eigenvalue weighted by molar-refractivity contribution is 5.94. The van der Waals surface area contributed by atoms with Gasteiger partial charge in [-0.25, -0.2) is 0 Å². The minimum Gasteiger partial charge on any atom is -0.326 e. The van der Waals surface area contributed by atoms with Gasteiger partial charge in [0.2, 0.25) is 5.91 Å². The van der Waals surface area contributed by atoms with Gasteiger partial charge in [-0.05, 0) is 42.5 Å². The highest BCUT2D eigenvalue weighted by Gasteiger charge is 2.27. The van der Waals surface area contributed by atoms with Crippen LogP contribution < -0.4 is 5.32 Å². The number of para-hydroxylation sites is 1. The first-order chi connectivity index (χ1) is 9.24. The molecule has 0 saturated carbocycles. The molecular weight excluding hydrogens is 234 g/mol. The van der Waals surface area contributed by atoms with Gasteiger partial charge < -0.3 is 5.32 Å². The zero-order chi connectivity index (χ0) is 13.2. The number of rotatable bonds is 2. The van der Waals surface area contributed by atoms with Crippen molar-refractivity contribution < 1.29 is 4.79 Å². The van der Waals surface area contributed by atoms with Crippen LogP contribution >= 0.6 is 0 Å². The van der Waals surface area contributed by atoms with Crippen LogP contribution in [0.25, 0.3) is 0 Å². The van der Waals surface area contributed by atoms with E-state index in [-0.39, 0.29) is 11.8 Å². The molecule has 1 N–H and O–H groups in total. The van der Waals surface area contributed by atoms with Gasteiger partial charge in [0.15, 0.2) is 0 Å². The van der Waals surface area contributed by atoms with Crippen molar-refractivity contribution in [2.24, 2.45) is 5.92 Å². The first-order valence-electron chi connectivity index (χ1n) is 6.67. The SMILES string of the molecule is Cc1ccccc1NC(=O)C1Cc2ccccc2C1. The average molecular weight is 251 g/mol. The molecule has 0 fully saturated rings. The van der Waals surface area contributed by atoms with Crippen LogP contribution in [0.2, 0.25) is 0 Å². The lowest BCUT2D eigenvalue weighted by molar-refractivity contribution is -0.119. The molecule has 1 aliphatic rings. The smallest absolute Gasteiger partial charge is 0.228 e. The molecule has 0 unspecified atom stereocenters. The van der Waals surface area contributed by atoms with E-state index in [0.29, 0.717) is 0 Å². The maximum atomic E-state index is 12.3. The summed E-state index contributed by atoms with van der Waals surface area (Å²) >= 11 is 0. The number of hydrogen-bond acceptors (Lipinski definition) is 1. The minimum absolute atomic E-state index is 0.0667. The zero-order valence-electron chi connectivity index (χ0n) is 11.0. The summed E-state index contributed by atoms with van der Waals surface area (Å²) in [6, 6.07) is 16.2. The van der Waals surface area contributed by atoms with Crippen molar-refractivity contribution in [3.05, 3.63) is 65.2 Å². The lowest BCUT2D eigenvalue weighted by atomic mass is 10.1. The molecule has 2 nitrogen and oxygen atoms in total. The van der Waals surface area contributed by atoms with Crippen LogP contribution in [0.3, 0.4) is 0 Å². The molecule has 19 heavy (non-hydrogen) atoms. The summed E-state index contributed by atoms with van der Waals surface area (Å²) in [7, 11) is 0. The fraction of sp³-hybridized carbons (Fsp3) is 0.235. The average Bonchev–Trinajstić information content (AvgIpc) is 2.85. The van der Waals surface area contributed by atoms with Gasteiger partial charge in [-0.2, -0.15) is 0 Å². The van der Waals surface area contributed by atoms with Crippen molar-refractivity contribution in [1.29, 1.82) is 0 Å². The molecule has 0 saturated heterocycles. The molecule has 0 radical (unpaired) electrons. The summed E-state index contributed by atoms with van der Waals surface area (Å²) in [4.78, 5) is 12.3. The third-order valence-corrected chi connectivity index (χ3v) is 3.82. The van der Waals surface area contributed by atoms with E-state index in [0.717, 1.165) is 24.1 Å². The molecule has 96 valence electrons. The Hall–Kier alpha value is -2.09. The van der Waals surface area contributed by atoms with Crippen molar-refractivity contribution >= 4 is 11.6 Å². The van der Waals surface area contributed by atoms with E-state index in [1.807, 2.05) is 43.3 Å². The lowest BCUT2D eigenvalue weighted by Gasteiger charge is -2.12. The maximum Gasteiger partial charge on any atom is 0.228 e. The van der Waals surface area contributed by atoms with Gasteiger partial charge >= 0.3 is 0 Å². The molecule has 2 heteroatoms. The van der Waals surface area contributed by atoms with E-state index >= 15 is 0 Å². The number of hydrogen-bond donors (Lipinski definition) is 1. The number of anilines is 1. The van der Waals surface area contributed by atoms with Gasteiger partial charge in [0, 0.05) is 11.6 Å². The second-order valence-electron chi connectivity index (χ2n) is 5.18. The molecule has 1 amide bonds. The van der Waals surface area contributed by atoms with Gasteiger partial charge in [0.1, 0.15) is 0 Å². The van der Waals surface area contributed by atoms with Crippen molar-refractivity contribution in [2.75, 3.05) is 5.32 Å². The van der Waals surface area contributed by atoms with E-state index in [2.05, 4.69) is 17.4 Å². The summed E-state index contributed by atoms with van der Waals surface area (Å²) in [6.07, 6.45) is 1.71. The van der Waals surface area contributed by atoms with Crippen molar-refractivity contribution in [2.45, 2.75) is 19.8 Å². The summed E-state index contributed by atoms with van der Waals surface area (Å²) < 4.78 is 0. The van der Waals surface area contributed by atoms with Crippen LogP contribution in [0.5, 0.6) is 0 Å². The Bertz CT molecular complexity index is 593. The normalized spacial score (nSPS) is 14.2. The molecule has 2 aromatic rings. The number of nitrogens with one attached hydrogen (secondary N) is 1. The number of aryl methyl sites for hydroxylation is 1. The molecule has 3 rings (SSSR count). The van der Waals surface area contributed by atoms with Crippen molar-refractivity contribution in [1.82, 2.24) is 0 Å². The van der Waals surface area contributed by atoms with Crippen molar-refractivity contribution in [3.63, 3.8) is 0 Å². The fourth-order valence-electron chi connectivity index (χ4n) is 2.69. The highest BCUT2D eigenvalue weighted by atomic mass is 16.1. The molecule has 0 atom stereocenters. The van der Waals surface area contributed by atoms with Crippen LogP contribution in [-0.2, 0) is 17.6 Å². The Morgan fingerprint density at radius 2 is 1.58 bits per heavy atom. The Kier molecular flexibility index (Phi) is 3.08. The summed E-state index contributed by atoms with van der Waals surface area (Å²) in [5, 5.41) is 3.05. The van der Waals surface area contributed by atoms with Crippen LogP contribution in [0.1, 0.15) is 16.7 Å². The quantitative estimate of drug-likeness (QED) is 0.871. The van der Waals surface area contributed by atoms with E-state index in [4.69, 9.17) is 0 Å². The predicted octanol–water partition coefficient (Wildman–Crippen LogP) is 3.35. The summed E-state index contributed by atoms with van der Waals surface area (Å²) in [6.45, 7) is 2.01. The molecule has 0 bridgehead atoms. The third-order valence-electron chi connectivity index (χ3n) is 3.82. The predicted molar refractivity (Wildman–Crippen MR) is 77.1 cm³/mol. The van der Waals surface area contributed by atoms with E-state index in [9.17, 15) is 4.79 Å². The number of amides is 1. The Labute approximate surface area is 113 Å². The van der Waals surface area contributed by atoms with Gasteiger partial charge in [-0.1, -0.05) is 42.5 Å². The van der Waals surface area contributed by atoms with E-state index in [1.165, 1.54) is 11.1 Å². The number of fused-ring (bicyclic) bond motifs is 1. The van der Waals surface area contributed by atoms with Crippen LogP contribution in [0.15, 0.2) is 48.5 Å². The number of carbonyl (C=O) groups is 1. The Balaban J connectivity index is 1.72. The van der Waals surface area contributed by atoms with E-state index in [1.54, 1.807) is 0 Å². The van der Waals surface area contributed by atoms with Gasteiger partial charge in [0.05, 0.1) is 0 Å². The van der Waals surface area contributed by atoms with Crippen LogP contribution in [-0.4, -0.2) is 5.91 Å². The number of carbonyl (C=O) groups excluding carboxylic acids is 1. The molecule has 0 aromatic heterocycles. The minimum atomic E-state index is 0.0667. The highest BCUT2D eigenvalue weighted by Crippen LogP contribution is 2.27. The summed E-state index contributed by atoms with van der Waals surface area (Å²) in [5.74, 6) is 0.197. The zero-order valence-corrected chi connectivity index (χ0v) is 11.0. The second-order valence-corrected chi connectivity index (χ2v) is 5.18. The molecular formula is C17H17NO. The van der Waals surface area contributed by atoms with Crippen LogP contribution in [0.4, 0.5) is 5.69 Å². The lowest BCUT2D eigenvalue weighted by Crippen LogP contribution is -2.23. The molecule has 0 heterocycles. The molecule has 0 aliphatic heterocycles. The van der Waals surface area contributed by atoms with E-state index < -0.39 is 0 Å². The largest absolute Gasteiger partial charge is 0.326 e. The standard InChI is InChI=1S/C17H17NO/c1-12-6-2-5-9-16(12)18-17(19)15-10-13-7-3-4-8-14(13)11-15/h2-9,15H,10-11H2,1H3,(H,18,19). The monoisotopic (exact) mass is 251 g/mol. The third kappa shape index (κ3) is 2.39. The molecule has 1 aliphatic carbocycles. The van der Waals surface area contributed by atoms with Gasteiger partial charge in [-0.15, -0.1) is 0 Å². The second kappa shape index (κ2) is 4.88. The first kappa shape index (κ1) is 12.0. The number of benzene rings is 2. The summed E-state index contributed by atoms with van der Waals surface area (Å²) in [5.41, 5.74) is 4.65.